The number of aryl methyl sites for hydroxylation is 2. The monoisotopic (exact) mass is 402 g/mol. The third kappa shape index (κ3) is 4.78. The van der Waals surface area contributed by atoms with Crippen molar-refractivity contribution in [1.82, 2.24) is 14.8 Å². The molecule has 4 rings (SSSR count). The van der Waals surface area contributed by atoms with Gasteiger partial charge >= 0.3 is 0 Å². The quantitative estimate of drug-likeness (QED) is 0.501. The van der Waals surface area contributed by atoms with Gasteiger partial charge < -0.3 is 5.32 Å². The summed E-state index contributed by atoms with van der Waals surface area (Å²) in [4.78, 5) is 17.0. The molecule has 29 heavy (non-hydrogen) atoms. The van der Waals surface area contributed by atoms with Crippen LogP contribution in [0.1, 0.15) is 21.8 Å². The van der Waals surface area contributed by atoms with Gasteiger partial charge in [-0.2, -0.15) is 5.10 Å². The van der Waals surface area contributed by atoms with Crippen LogP contribution < -0.4 is 5.32 Å². The van der Waals surface area contributed by atoms with Gasteiger partial charge in [-0.15, -0.1) is 11.3 Å². The van der Waals surface area contributed by atoms with Crippen LogP contribution in [-0.4, -0.2) is 20.7 Å². The summed E-state index contributed by atoms with van der Waals surface area (Å²) in [5.74, 6) is 0.586. The molecule has 0 unspecified atom stereocenters. The van der Waals surface area contributed by atoms with Gasteiger partial charge in [0.2, 0.25) is 5.91 Å². The highest BCUT2D eigenvalue weighted by molar-refractivity contribution is 7.09. The molecule has 0 fully saturated rings. The molecule has 4 aromatic rings. The zero-order chi connectivity index (χ0) is 20.2. The number of nitrogens with zero attached hydrogens (tertiary/aromatic N) is 3. The van der Waals surface area contributed by atoms with Crippen LogP contribution in [0.25, 0.3) is 11.3 Å². The lowest BCUT2D eigenvalue weighted by Gasteiger charge is -2.08. The maximum absolute atomic E-state index is 12.6. The predicted molar refractivity (Wildman–Crippen MR) is 117 cm³/mol. The Morgan fingerprint density at radius 1 is 1.07 bits per heavy atom. The van der Waals surface area contributed by atoms with Gasteiger partial charge in [-0.3, -0.25) is 4.79 Å². The second-order valence-corrected chi connectivity index (χ2v) is 8.07. The fourth-order valence-electron chi connectivity index (χ4n) is 3.18. The summed E-state index contributed by atoms with van der Waals surface area (Å²) in [7, 11) is 0. The van der Waals surface area contributed by atoms with E-state index in [0.29, 0.717) is 12.4 Å². The van der Waals surface area contributed by atoms with Gasteiger partial charge in [0.15, 0.2) is 0 Å². The Hall–Kier alpha value is -3.25. The van der Waals surface area contributed by atoms with Crippen LogP contribution in [0.15, 0.2) is 66.0 Å². The first kappa shape index (κ1) is 19.1. The van der Waals surface area contributed by atoms with Gasteiger partial charge in [-0.25, -0.2) is 9.67 Å². The summed E-state index contributed by atoms with van der Waals surface area (Å²) in [6.45, 7) is 4.58. The number of amides is 1. The van der Waals surface area contributed by atoms with Gasteiger partial charge in [0.05, 0.1) is 29.4 Å². The number of thiazole rings is 1. The van der Waals surface area contributed by atoms with Crippen LogP contribution in [0, 0.1) is 13.8 Å². The standard InChI is InChI=1S/C23H22N4OS/c1-16-7-6-10-19(11-16)21-13-22(25-23(28)12-20-15-29-17(2)24-20)27(26-21)14-18-8-4-3-5-9-18/h3-11,13,15H,12,14H2,1-2H3,(H,25,28). The summed E-state index contributed by atoms with van der Waals surface area (Å²) in [5, 5.41) is 10.7. The van der Waals surface area contributed by atoms with E-state index in [9.17, 15) is 4.79 Å². The largest absolute Gasteiger partial charge is 0.311 e. The number of benzene rings is 2. The van der Waals surface area contributed by atoms with Crippen molar-refractivity contribution in [3.63, 3.8) is 0 Å². The average Bonchev–Trinajstić information content (AvgIpc) is 3.29. The van der Waals surface area contributed by atoms with E-state index < -0.39 is 0 Å². The fourth-order valence-corrected chi connectivity index (χ4v) is 3.79. The van der Waals surface area contributed by atoms with Crippen LogP contribution in [0.2, 0.25) is 0 Å². The molecular weight excluding hydrogens is 380 g/mol. The third-order valence-electron chi connectivity index (χ3n) is 4.54. The van der Waals surface area contributed by atoms with Crippen LogP contribution in [0.4, 0.5) is 5.82 Å². The van der Waals surface area contributed by atoms with Gasteiger partial charge in [0.1, 0.15) is 5.82 Å². The van der Waals surface area contributed by atoms with Crippen LogP contribution in [-0.2, 0) is 17.8 Å². The zero-order valence-electron chi connectivity index (χ0n) is 16.4. The molecule has 1 N–H and O–H groups in total. The molecule has 1 amide bonds. The summed E-state index contributed by atoms with van der Waals surface area (Å²) >= 11 is 1.55. The van der Waals surface area contributed by atoms with Crippen molar-refractivity contribution in [2.24, 2.45) is 0 Å². The Morgan fingerprint density at radius 2 is 1.90 bits per heavy atom. The van der Waals surface area contributed by atoms with E-state index in [2.05, 4.69) is 41.5 Å². The predicted octanol–water partition coefficient (Wildman–Crippen LogP) is 4.85. The maximum atomic E-state index is 12.6. The number of nitrogens with one attached hydrogen (secondary N) is 1. The topological polar surface area (TPSA) is 59.8 Å². The van der Waals surface area contributed by atoms with E-state index in [-0.39, 0.29) is 12.3 Å². The zero-order valence-corrected chi connectivity index (χ0v) is 17.2. The van der Waals surface area contributed by atoms with Crippen molar-refractivity contribution in [2.45, 2.75) is 26.8 Å². The van der Waals surface area contributed by atoms with E-state index >= 15 is 0 Å². The molecule has 2 aromatic heterocycles. The summed E-state index contributed by atoms with van der Waals surface area (Å²) in [6, 6.07) is 20.2. The second kappa shape index (κ2) is 8.41. The minimum Gasteiger partial charge on any atom is -0.311 e. The van der Waals surface area contributed by atoms with Crippen LogP contribution in [0.3, 0.4) is 0 Å². The highest BCUT2D eigenvalue weighted by Gasteiger charge is 2.14. The Morgan fingerprint density at radius 3 is 2.62 bits per heavy atom. The molecular formula is C23H22N4OS. The molecule has 146 valence electrons. The molecule has 6 heteroatoms. The highest BCUT2D eigenvalue weighted by Crippen LogP contribution is 2.24. The Balaban J connectivity index is 1.61. The number of hydrogen-bond donors (Lipinski definition) is 1. The molecule has 0 aliphatic rings. The third-order valence-corrected chi connectivity index (χ3v) is 5.37. The first-order valence-electron chi connectivity index (χ1n) is 9.46. The summed E-state index contributed by atoms with van der Waals surface area (Å²) in [6.07, 6.45) is 0.251. The van der Waals surface area contributed by atoms with Crippen molar-refractivity contribution in [2.75, 3.05) is 5.32 Å². The lowest BCUT2D eigenvalue weighted by molar-refractivity contribution is -0.115. The van der Waals surface area contributed by atoms with Crippen molar-refractivity contribution in [1.29, 1.82) is 0 Å². The van der Waals surface area contributed by atoms with Gasteiger partial charge in [0, 0.05) is 17.0 Å². The minimum atomic E-state index is -0.0969. The highest BCUT2D eigenvalue weighted by atomic mass is 32.1. The van der Waals surface area contributed by atoms with E-state index in [1.807, 2.05) is 53.4 Å². The average molecular weight is 403 g/mol. The van der Waals surface area contributed by atoms with E-state index in [0.717, 1.165) is 27.5 Å². The molecule has 2 aromatic carbocycles. The molecule has 0 bridgehead atoms. The molecule has 0 aliphatic heterocycles. The van der Waals surface area contributed by atoms with Gasteiger partial charge in [-0.1, -0.05) is 54.1 Å². The Kier molecular flexibility index (Phi) is 5.53. The molecule has 0 aliphatic carbocycles. The molecule has 5 nitrogen and oxygen atoms in total. The number of rotatable bonds is 6. The normalized spacial score (nSPS) is 10.8. The van der Waals surface area contributed by atoms with Crippen molar-refractivity contribution in [3.05, 3.63) is 87.9 Å². The minimum absolute atomic E-state index is 0.0969. The Bertz CT molecular complexity index is 1130. The van der Waals surface area contributed by atoms with E-state index in [1.165, 1.54) is 5.56 Å². The number of anilines is 1. The lowest BCUT2D eigenvalue weighted by Crippen LogP contribution is -2.18. The van der Waals surface area contributed by atoms with Crippen molar-refractivity contribution >= 4 is 23.1 Å². The van der Waals surface area contributed by atoms with Gasteiger partial charge in [-0.05, 0) is 25.5 Å². The van der Waals surface area contributed by atoms with Gasteiger partial charge in [0.25, 0.3) is 0 Å². The summed E-state index contributed by atoms with van der Waals surface area (Å²) < 4.78 is 1.84. The summed E-state index contributed by atoms with van der Waals surface area (Å²) in [5.41, 5.74) is 4.95. The Labute approximate surface area is 174 Å². The SMILES string of the molecule is Cc1cccc(-c2cc(NC(=O)Cc3csc(C)n3)n(Cc3ccccc3)n2)c1. The molecule has 0 spiro atoms. The number of carbonyl (C=O) groups excluding carboxylic acids is 1. The first-order valence-corrected chi connectivity index (χ1v) is 10.3. The number of aromatic nitrogens is 3. The molecule has 0 saturated heterocycles. The number of carbonyl (C=O) groups is 1. The van der Waals surface area contributed by atoms with Crippen molar-refractivity contribution in [3.8, 4) is 11.3 Å². The molecule has 0 saturated carbocycles. The van der Waals surface area contributed by atoms with E-state index in [1.54, 1.807) is 11.3 Å². The second-order valence-electron chi connectivity index (χ2n) is 7.01. The lowest BCUT2D eigenvalue weighted by atomic mass is 10.1. The van der Waals surface area contributed by atoms with Crippen molar-refractivity contribution < 1.29 is 4.79 Å². The molecule has 0 radical (unpaired) electrons. The van der Waals surface area contributed by atoms with E-state index in [4.69, 9.17) is 5.10 Å². The fraction of sp³-hybridized carbons (Fsp3) is 0.174. The smallest absolute Gasteiger partial charge is 0.231 e. The van der Waals surface area contributed by atoms with Crippen LogP contribution >= 0.6 is 11.3 Å². The maximum Gasteiger partial charge on any atom is 0.231 e. The first-order chi connectivity index (χ1) is 14.1. The van der Waals surface area contributed by atoms with Crippen LogP contribution in [0.5, 0.6) is 0 Å². The molecule has 2 heterocycles. The molecule has 0 atom stereocenters. The number of hydrogen-bond acceptors (Lipinski definition) is 4.